The Balaban J connectivity index is 1.61. The number of hydrogen-bond donors (Lipinski definition) is 0. The van der Waals surface area contributed by atoms with E-state index >= 15 is 0 Å². The summed E-state index contributed by atoms with van der Waals surface area (Å²) in [5.41, 5.74) is 5.39. The number of methoxy groups -OCH3 is 1. The van der Waals surface area contributed by atoms with Gasteiger partial charge < -0.3 is 19.1 Å². The molecule has 3 aliphatic rings. The summed E-state index contributed by atoms with van der Waals surface area (Å²) in [5, 5.41) is 0. The van der Waals surface area contributed by atoms with Crippen LogP contribution < -0.4 is 14.4 Å². The number of benzene rings is 2. The van der Waals surface area contributed by atoms with Crippen LogP contribution in [-0.2, 0) is 10.2 Å². The second-order valence-corrected chi connectivity index (χ2v) is 7.95. The summed E-state index contributed by atoms with van der Waals surface area (Å²) in [5.74, 6) is 1.71. The first-order valence-corrected chi connectivity index (χ1v) is 10.1. The van der Waals surface area contributed by atoms with Crippen molar-refractivity contribution in [3.05, 3.63) is 53.1 Å². The SMILES string of the molecule is CCCCCN1CC2(CC(OC)c3cc4c(cc32)OCO4)c2ccccc21. The molecule has 0 N–H and O–H groups in total. The first kappa shape index (κ1) is 16.9. The topological polar surface area (TPSA) is 30.9 Å². The number of rotatable bonds is 5. The number of nitrogens with zero attached hydrogens (tertiary/aromatic N) is 1. The normalized spacial score (nSPS) is 24.5. The summed E-state index contributed by atoms with van der Waals surface area (Å²) >= 11 is 0. The van der Waals surface area contributed by atoms with E-state index in [1.807, 2.05) is 7.11 Å². The molecule has 1 aliphatic carbocycles. The molecule has 5 rings (SSSR count). The van der Waals surface area contributed by atoms with E-state index < -0.39 is 0 Å². The van der Waals surface area contributed by atoms with Gasteiger partial charge in [-0.25, -0.2) is 0 Å². The monoisotopic (exact) mass is 365 g/mol. The Kier molecular flexibility index (Phi) is 4.05. The highest BCUT2D eigenvalue weighted by Gasteiger charge is 2.51. The van der Waals surface area contributed by atoms with E-state index in [-0.39, 0.29) is 11.5 Å². The van der Waals surface area contributed by atoms with Gasteiger partial charge in [0.25, 0.3) is 0 Å². The third kappa shape index (κ3) is 2.46. The predicted molar refractivity (Wildman–Crippen MR) is 106 cm³/mol. The molecule has 2 atom stereocenters. The largest absolute Gasteiger partial charge is 0.454 e. The summed E-state index contributed by atoms with van der Waals surface area (Å²) in [6, 6.07) is 13.3. The molecule has 2 aromatic carbocycles. The van der Waals surface area contributed by atoms with E-state index in [0.29, 0.717) is 6.79 Å². The van der Waals surface area contributed by atoms with Crippen LogP contribution in [-0.4, -0.2) is 27.0 Å². The van der Waals surface area contributed by atoms with Crippen LogP contribution in [0.5, 0.6) is 11.5 Å². The molecule has 0 fully saturated rings. The molecule has 0 radical (unpaired) electrons. The number of anilines is 1. The van der Waals surface area contributed by atoms with Gasteiger partial charge in [-0.1, -0.05) is 38.0 Å². The Morgan fingerprint density at radius 3 is 2.74 bits per heavy atom. The third-order valence-electron chi connectivity index (χ3n) is 6.48. The number of ether oxygens (including phenoxy) is 3. The van der Waals surface area contributed by atoms with Gasteiger partial charge in [0, 0.05) is 31.3 Å². The molecule has 142 valence electrons. The highest BCUT2D eigenvalue weighted by Crippen LogP contribution is 2.58. The predicted octanol–water partition coefficient (Wildman–Crippen LogP) is 4.80. The minimum atomic E-state index is -0.0280. The Bertz CT molecular complexity index is 865. The van der Waals surface area contributed by atoms with Crippen LogP contribution in [0.25, 0.3) is 0 Å². The van der Waals surface area contributed by atoms with Gasteiger partial charge in [-0.3, -0.25) is 0 Å². The molecule has 2 aromatic rings. The molecule has 4 heteroatoms. The molecule has 0 amide bonds. The van der Waals surface area contributed by atoms with E-state index in [4.69, 9.17) is 14.2 Å². The molecule has 4 nitrogen and oxygen atoms in total. The lowest BCUT2D eigenvalue weighted by atomic mass is 9.77. The standard InChI is InChI=1S/C23H27NO3/c1-3-4-7-10-24-14-23(17-8-5-6-9-19(17)24)13-22(25-2)16-11-20-21(12-18(16)23)27-15-26-20/h5-6,8-9,11-12,22H,3-4,7,10,13-15H2,1-2H3. The average Bonchev–Trinajstić information content (AvgIpc) is 3.36. The van der Waals surface area contributed by atoms with Crippen molar-refractivity contribution in [1.82, 2.24) is 0 Å². The van der Waals surface area contributed by atoms with E-state index in [9.17, 15) is 0 Å². The van der Waals surface area contributed by atoms with Crippen LogP contribution in [0.2, 0.25) is 0 Å². The quantitative estimate of drug-likeness (QED) is 0.712. The zero-order valence-electron chi connectivity index (χ0n) is 16.2. The molecule has 0 saturated heterocycles. The fourth-order valence-electron chi connectivity index (χ4n) is 5.19. The lowest BCUT2D eigenvalue weighted by Crippen LogP contribution is -2.33. The molecule has 0 saturated carbocycles. The van der Waals surface area contributed by atoms with Gasteiger partial charge in [0.05, 0.1) is 6.10 Å². The van der Waals surface area contributed by atoms with E-state index in [2.05, 4.69) is 48.2 Å². The van der Waals surface area contributed by atoms with Crippen molar-refractivity contribution >= 4 is 5.69 Å². The summed E-state index contributed by atoms with van der Waals surface area (Å²) in [6.45, 7) is 4.70. The third-order valence-corrected chi connectivity index (χ3v) is 6.48. The van der Waals surface area contributed by atoms with E-state index in [0.717, 1.165) is 31.0 Å². The number of hydrogen-bond acceptors (Lipinski definition) is 4. The van der Waals surface area contributed by atoms with Gasteiger partial charge in [0.15, 0.2) is 11.5 Å². The molecular weight excluding hydrogens is 338 g/mol. The lowest BCUT2D eigenvalue weighted by molar-refractivity contribution is 0.0944. The zero-order valence-corrected chi connectivity index (χ0v) is 16.2. The molecule has 2 aliphatic heterocycles. The maximum atomic E-state index is 5.92. The lowest BCUT2D eigenvalue weighted by Gasteiger charge is -2.28. The highest BCUT2D eigenvalue weighted by atomic mass is 16.7. The van der Waals surface area contributed by atoms with Crippen LogP contribution >= 0.6 is 0 Å². The van der Waals surface area contributed by atoms with E-state index in [1.54, 1.807) is 0 Å². The van der Waals surface area contributed by atoms with Crippen molar-refractivity contribution in [3.63, 3.8) is 0 Å². The molecule has 2 unspecified atom stereocenters. The number of fused-ring (bicyclic) bond motifs is 5. The van der Waals surface area contributed by atoms with Crippen molar-refractivity contribution in [2.75, 3.05) is 31.9 Å². The Morgan fingerprint density at radius 2 is 1.93 bits per heavy atom. The van der Waals surface area contributed by atoms with Crippen molar-refractivity contribution in [2.24, 2.45) is 0 Å². The summed E-state index contributed by atoms with van der Waals surface area (Å²) in [4.78, 5) is 2.58. The van der Waals surface area contributed by atoms with Gasteiger partial charge in [-0.2, -0.15) is 0 Å². The zero-order chi connectivity index (χ0) is 18.4. The molecule has 0 aromatic heterocycles. The minimum Gasteiger partial charge on any atom is -0.454 e. The van der Waals surface area contributed by atoms with Crippen LogP contribution in [0.4, 0.5) is 5.69 Å². The van der Waals surface area contributed by atoms with Crippen LogP contribution in [0, 0.1) is 0 Å². The van der Waals surface area contributed by atoms with Crippen LogP contribution in [0.3, 0.4) is 0 Å². The Morgan fingerprint density at radius 1 is 1.11 bits per heavy atom. The summed E-state index contributed by atoms with van der Waals surface area (Å²) in [7, 11) is 1.82. The fourth-order valence-corrected chi connectivity index (χ4v) is 5.19. The number of para-hydroxylation sites is 1. The van der Waals surface area contributed by atoms with Crippen molar-refractivity contribution in [2.45, 2.75) is 44.1 Å². The van der Waals surface area contributed by atoms with Gasteiger partial charge in [0.1, 0.15) is 0 Å². The molecular formula is C23H27NO3. The molecule has 1 spiro atoms. The van der Waals surface area contributed by atoms with Crippen molar-refractivity contribution in [3.8, 4) is 11.5 Å². The first-order valence-electron chi connectivity index (χ1n) is 10.1. The maximum Gasteiger partial charge on any atom is 0.231 e. The second kappa shape index (κ2) is 6.45. The van der Waals surface area contributed by atoms with Crippen molar-refractivity contribution < 1.29 is 14.2 Å². The fraction of sp³-hybridized carbons (Fsp3) is 0.478. The molecule has 27 heavy (non-hydrogen) atoms. The Labute approximate surface area is 161 Å². The van der Waals surface area contributed by atoms with Crippen molar-refractivity contribution in [1.29, 1.82) is 0 Å². The van der Waals surface area contributed by atoms with Crippen LogP contribution in [0.1, 0.15) is 55.4 Å². The smallest absolute Gasteiger partial charge is 0.231 e. The molecule has 2 heterocycles. The van der Waals surface area contributed by atoms with Gasteiger partial charge in [0.2, 0.25) is 6.79 Å². The van der Waals surface area contributed by atoms with Crippen LogP contribution in [0.15, 0.2) is 36.4 Å². The average molecular weight is 365 g/mol. The van der Waals surface area contributed by atoms with Gasteiger partial charge in [-0.05, 0) is 47.7 Å². The maximum absolute atomic E-state index is 5.92. The summed E-state index contributed by atoms with van der Waals surface area (Å²) in [6.07, 6.45) is 4.84. The van der Waals surface area contributed by atoms with Gasteiger partial charge >= 0.3 is 0 Å². The molecule has 0 bridgehead atoms. The first-order chi connectivity index (χ1) is 13.3. The number of unbranched alkanes of at least 4 members (excludes halogenated alkanes) is 2. The second-order valence-electron chi connectivity index (χ2n) is 7.95. The van der Waals surface area contributed by atoms with Gasteiger partial charge in [-0.15, -0.1) is 0 Å². The van der Waals surface area contributed by atoms with E-state index in [1.165, 1.54) is 41.6 Å². The summed E-state index contributed by atoms with van der Waals surface area (Å²) < 4.78 is 17.3. The minimum absolute atomic E-state index is 0.0280. The highest BCUT2D eigenvalue weighted by molar-refractivity contribution is 5.70. The Hall–Kier alpha value is -2.20.